The van der Waals surface area contributed by atoms with Crippen LogP contribution >= 0.6 is 0 Å². The largest absolute Gasteiger partial charge is 0.493 e. The van der Waals surface area contributed by atoms with E-state index in [1.54, 1.807) is 18.2 Å². The summed E-state index contributed by atoms with van der Waals surface area (Å²) in [6.45, 7) is 0.0867. The van der Waals surface area contributed by atoms with Crippen LogP contribution in [-0.4, -0.2) is 33.7 Å². The highest BCUT2D eigenvalue weighted by Crippen LogP contribution is 2.27. The van der Waals surface area contributed by atoms with E-state index in [4.69, 9.17) is 14.6 Å². The molecule has 2 rings (SSSR count). The maximum Gasteiger partial charge on any atom is 0.328 e. The van der Waals surface area contributed by atoms with E-state index in [0.717, 1.165) is 6.08 Å². The van der Waals surface area contributed by atoms with E-state index in [1.165, 1.54) is 44.6 Å². The van der Waals surface area contributed by atoms with Crippen LogP contribution in [0.25, 0.3) is 6.08 Å². The van der Waals surface area contributed by atoms with Gasteiger partial charge in [-0.05, 0) is 41.5 Å². The molecule has 0 aliphatic heterocycles. The predicted octanol–water partition coefficient (Wildman–Crippen LogP) is 2.28. The Hall–Kier alpha value is -2.84. The van der Waals surface area contributed by atoms with Crippen molar-refractivity contribution in [3.8, 4) is 11.5 Å². The number of nitrogens with one attached hydrogen (secondary N) is 1. The van der Waals surface area contributed by atoms with Crippen molar-refractivity contribution in [1.29, 1.82) is 0 Å². The number of benzene rings is 2. The second kappa shape index (κ2) is 8.50. The van der Waals surface area contributed by atoms with Gasteiger partial charge in [-0.1, -0.05) is 18.2 Å². The van der Waals surface area contributed by atoms with Crippen LogP contribution in [0.5, 0.6) is 11.5 Å². The topological polar surface area (TPSA) is 102 Å². The Labute approximate surface area is 151 Å². The summed E-state index contributed by atoms with van der Waals surface area (Å²) in [4.78, 5) is 10.6. The monoisotopic (exact) mass is 377 g/mol. The van der Waals surface area contributed by atoms with Crippen LogP contribution in [0.1, 0.15) is 11.1 Å². The van der Waals surface area contributed by atoms with Crippen molar-refractivity contribution < 1.29 is 27.8 Å². The van der Waals surface area contributed by atoms with Gasteiger partial charge in [0.05, 0.1) is 19.1 Å². The Morgan fingerprint density at radius 3 is 2.31 bits per heavy atom. The maximum atomic E-state index is 12.4. The van der Waals surface area contributed by atoms with Crippen LogP contribution < -0.4 is 14.2 Å². The van der Waals surface area contributed by atoms with Crippen LogP contribution in [0.15, 0.2) is 53.4 Å². The summed E-state index contributed by atoms with van der Waals surface area (Å²) in [6.07, 6.45) is 2.37. The van der Waals surface area contributed by atoms with Crippen molar-refractivity contribution in [2.45, 2.75) is 11.4 Å². The Kier molecular flexibility index (Phi) is 6.37. The fourth-order valence-corrected chi connectivity index (χ4v) is 3.20. The maximum absolute atomic E-state index is 12.4. The summed E-state index contributed by atoms with van der Waals surface area (Å²) in [6, 6.07) is 11.0. The van der Waals surface area contributed by atoms with Gasteiger partial charge >= 0.3 is 5.97 Å². The highest BCUT2D eigenvalue weighted by Gasteiger charge is 2.14. The molecule has 26 heavy (non-hydrogen) atoms. The number of sulfonamides is 1. The van der Waals surface area contributed by atoms with Gasteiger partial charge in [0.1, 0.15) is 0 Å². The molecule has 2 aromatic rings. The molecule has 0 aromatic heterocycles. The van der Waals surface area contributed by atoms with Crippen molar-refractivity contribution in [1.82, 2.24) is 4.72 Å². The third-order valence-electron chi connectivity index (χ3n) is 3.52. The summed E-state index contributed by atoms with van der Waals surface area (Å²) in [5, 5.41) is 8.60. The fraction of sp³-hybridized carbons (Fsp3) is 0.167. The first kappa shape index (κ1) is 19.5. The van der Waals surface area contributed by atoms with Crippen LogP contribution in [0.2, 0.25) is 0 Å². The van der Waals surface area contributed by atoms with Crippen LogP contribution in [0.3, 0.4) is 0 Å². The normalized spacial score (nSPS) is 11.5. The van der Waals surface area contributed by atoms with Gasteiger partial charge in [-0.2, -0.15) is 0 Å². The van der Waals surface area contributed by atoms with Crippen molar-refractivity contribution >= 4 is 22.1 Å². The summed E-state index contributed by atoms with van der Waals surface area (Å²) in [7, 11) is -0.675. The molecule has 0 saturated heterocycles. The Morgan fingerprint density at radius 2 is 1.73 bits per heavy atom. The number of rotatable bonds is 8. The average Bonchev–Trinajstić information content (AvgIpc) is 2.64. The minimum absolute atomic E-state index is 0.0867. The molecule has 0 atom stereocenters. The first-order valence-corrected chi connectivity index (χ1v) is 9.05. The standard InChI is InChI=1S/C18H19NO6S/c1-24-16-9-5-14(11-17(16)25-2)12-19-26(22,23)15-7-3-13(4-8-15)6-10-18(20)21/h3-11,19H,12H2,1-2H3,(H,20,21). The third-order valence-corrected chi connectivity index (χ3v) is 4.94. The van der Waals surface area contributed by atoms with E-state index < -0.39 is 16.0 Å². The number of carbonyl (C=O) groups is 1. The molecule has 0 saturated carbocycles. The smallest absolute Gasteiger partial charge is 0.328 e. The molecule has 7 nitrogen and oxygen atoms in total. The number of hydrogen-bond donors (Lipinski definition) is 2. The molecule has 0 spiro atoms. The zero-order valence-corrected chi connectivity index (χ0v) is 15.1. The SMILES string of the molecule is COc1ccc(CNS(=O)(=O)c2ccc(C=CC(=O)O)cc2)cc1OC. The first-order valence-electron chi connectivity index (χ1n) is 7.57. The Bertz CT molecular complexity index is 904. The number of aliphatic carboxylic acids is 1. The van der Waals surface area contributed by atoms with Gasteiger partial charge in [-0.15, -0.1) is 0 Å². The molecule has 2 aromatic carbocycles. The molecule has 0 fully saturated rings. The molecule has 0 bridgehead atoms. The minimum Gasteiger partial charge on any atom is -0.493 e. The van der Waals surface area contributed by atoms with Crippen LogP contribution in [-0.2, 0) is 21.4 Å². The number of carboxylic acids is 1. The zero-order chi connectivity index (χ0) is 19.2. The molecule has 0 amide bonds. The van der Waals surface area contributed by atoms with E-state index in [-0.39, 0.29) is 11.4 Å². The molecule has 138 valence electrons. The van der Waals surface area contributed by atoms with Gasteiger partial charge in [0.2, 0.25) is 10.0 Å². The van der Waals surface area contributed by atoms with Gasteiger partial charge in [0.25, 0.3) is 0 Å². The second-order valence-electron chi connectivity index (χ2n) is 5.25. The van der Waals surface area contributed by atoms with E-state index in [9.17, 15) is 13.2 Å². The van der Waals surface area contributed by atoms with Crippen molar-refractivity contribution in [2.75, 3.05) is 14.2 Å². The van der Waals surface area contributed by atoms with Crippen LogP contribution in [0, 0.1) is 0 Å². The lowest BCUT2D eigenvalue weighted by molar-refractivity contribution is -0.131. The van der Waals surface area contributed by atoms with Gasteiger partial charge in [0.15, 0.2) is 11.5 Å². The molecule has 0 heterocycles. The number of ether oxygens (including phenoxy) is 2. The zero-order valence-electron chi connectivity index (χ0n) is 14.3. The fourth-order valence-electron chi connectivity index (χ4n) is 2.18. The lowest BCUT2D eigenvalue weighted by Crippen LogP contribution is -2.23. The van der Waals surface area contributed by atoms with E-state index in [1.807, 2.05) is 0 Å². The Morgan fingerprint density at radius 1 is 1.08 bits per heavy atom. The average molecular weight is 377 g/mol. The Balaban J connectivity index is 2.10. The van der Waals surface area contributed by atoms with Crippen LogP contribution in [0.4, 0.5) is 0 Å². The molecule has 0 aliphatic rings. The lowest BCUT2D eigenvalue weighted by Gasteiger charge is -2.11. The highest BCUT2D eigenvalue weighted by molar-refractivity contribution is 7.89. The highest BCUT2D eigenvalue weighted by atomic mass is 32.2. The van der Waals surface area contributed by atoms with E-state index in [0.29, 0.717) is 22.6 Å². The van der Waals surface area contributed by atoms with Crippen molar-refractivity contribution in [3.05, 3.63) is 59.7 Å². The summed E-state index contributed by atoms with van der Waals surface area (Å²) >= 11 is 0. The molecular weight excluding hydrogens is 358 g/mol. The molecule has 8 heteroatoms. The third kappa shape index (κ3) is 5.08. The van der Waals surface area contributed by atoms with Gasteiger partial charge in [-0.3, -0.25) is 0 Å². The number of methoxy groups -OCH3 is 2. The predicted molar refractivity (Wildman–Crippen MR) is 96.7 cm³/mol. The number of hydrogen-bond acceptors (Lipinski definition) is 5. The molecule has 0 aliphatic carbocycles. The molecule has 0 radical (unpaired) electrons. The molecular formula is C18H19NO6S. The minimum atomic E-state index is -3.70. The van der Waals surface area contributed by atoms with E-state index >= 15 is 0 Å². The van der Waals surface area contributed by atoms with Gasteiger partial charge in [0, 0.05) is 12.6 Å². The van der Waals surface area contributed by atoms with Gasteiger partial charge < -0.3 is 14.6 Å². The quantitative estimate of drug-likeness (QED) is 0.685. The van der Waals surface area contributed by atoms with Crippen molar-refractivity contribution in [2.24, 2.45) is 0 Å². The lowest BCUT2D eigenvalue weighted by atomic mass is 10.2. The first-order chi connectivity index (χ1) is 12.4. The molecule has 0 unspecified atom stereocenters. The summed E-state index contributed by atoms with van der Waals surface area (Å²) in [5.41, 5.74) is 1.30. The second-order valence-corrected chi connectivity index (χ2v) is 7.02. The van der Waals surface area contributed by atoms with E-state index in [2.05, 4.69) is 4.72 Å². The molecule has 2 N–H and O–H groups in total. The van der Waals surface area contributed by atoms with Crippen molar-refractivity contribution in [3.63, 3.8) is 0 Å². The number of carboxylic acid groups (broad SMARTS) is 1. The van der Waals surface area contributed by atoms with Gasteiger partial charge in [-0.25, -0.2) is 17.9 Å². The summed E-state index contributed by atoms with van der Waals surface area (Å²) in [5.74, 6) is 0.00108. The summed E-state index contributed by atoms with van der Waals surface area (Å²) < 4.78 is 37.6.